The first kappa shape index (κ1) is 17.6. The lowest BCUT2D eigenvalue weighted by molar-refractivity contribution is 0.0909. The van der Waals surface area contributed by atoms with Crippen molar-refractivity contribution in [3.05, 3.63) is 52.2 Å². The Labute approximate surface area is 158 Å². The molecule has 5 heteroatoms. The zero-order chi connectivity index (χ0) is 17.2. The zero-order valence-corrected chi connectivity index (χ0v) is 17.6. The standard InChI is InChI=1S/C19H23IN2OSi/c1-24(2,3)12-11-23-14-22-18(15-6-8-17(20)9-7-15)13-16-5-4-10-21-19(16)22/h4-10,13H,11-12,14H2,1-3H3. The molecule has 126 valence electrons. The first-order valence-electron chi connectivity index (χ1n) is 8.22. The van der Waals surface area contributed by atoms with Crippen LogP contribution in [0.15, 0.2) is 48.7 Å². The van der Waals surface area contributed by atoms with Crippen molar-refractivity contribution in [2.75, 3.05) is 6.61 Å². The minimum atomic E-state index is -1.07. The molecule has 3 aromatic rings. The molecule has 0 aliphatic carbocycles. The molecule has 0 amide bonds. The van der Waals surface area contributed by atoms with Crippen LogP contribution in [-0.2, 0) is 11.5 Å². The van der Waals surface area contributed by atoms with Crippen LogP contribution in [0.25, 0.3) is 22.3 Å². The average Bonchev–Trinajstić information content (AvgIpc) is 2.90. The Morgan fingerprint density at radius 2 is 1.88 bits per heavy atom. The SMILES string of the molecule is C[Si](C)(C)CCOCn1c(-c2ccc(I)cc2)cc2cccnc21. The van der Waals surface area contributed by atoms with E-state index in [1.54, 1.807) is 0 Å². The quantitative estimate of drug-likeness (QED) is 0.277. The van der Waals surface area contributed by atoms with Gasteiger partial charge in [-0.05, 0) is 64.5 Å². The molecule has 0 bridgehead atoms. The van der Waals surface area contributed by atoms with Gasteiger partial charge in [0.05, 0.1) is 5.69 Å². The molecule has 2 aromatic heterocycles. The van der Waals surface area contributed by atoms with Gasteiger partial charge in [0, 0.05) is 29.8 Å². The van der Waals surface area contributed by atoms with Gasteiger partial charge >= 0.3 is 0 Å². The molecule has 0 unspecified atom stereocenters. The van der Waals surface area contributed by atoms with Crippen LogP contribution in [-0.4, -0.2) is 24.2 Å². The third-order valence-corrected chi connectivity index (χ3v) is 6.44. The van der Waals surface area contributed by atoms with Gasteiger partial charge in [-0.15, -0.1) is 0 Å². The van der Waals surface area contributed by atoms with E-state index in [1.807, 2.05) is 12.3 Å². The lowest BCUT2D eigenvalue weighted by atomic mass is 10.1. The second kappa shape index (κ2) is 7.37. The molecule has 0 saturated heterocycles. The molecule has 0 spiro atoms. The predicted molar refractivity (Wildman–Crippen MR) is 112 cm³/mol. The molecule has 0 fully saturated rings. The molecule has 0 N–H and O–H groups in total. The summed E-state index contributed by atoms with van der Waals surface area (Å²) in [6.45, 7) is 8.49. The fraction of sp³-hybridized carbons (Fsp3) is 0.316. The molecule has 0 saturated carbocycles. The predicted octanol–water partition coefficient (Wildman–Crippen LogP) is 5.62. The van der Waals surface area contributed by atoms with Crippen LogP contribution in [0.3, 0.4) is 0 Å². The number of pyridine rings is 1. The maximum atomic E-state index is 6.00. The van der Waals surface area contributed by atoms with Crippen LogP contribution in [0.1, 0.15) is 0 Å². The van der Waals surface area contributed by atoms with Gasteiger partial charge in [-0.3, -0.25) is 0 Å². The van der Waals surface area contributed by atoms with Gasteiger partial charge in [0.25, 0.3) is 0 Å². The van der Waals surface area contributed by atoms with Crippen LogP contribution in [0.4, 0.5) is 0 Å². The number of hydrogen-bond acceptors (Lipinski definition) is 2. The molecule has 3 rings (SSSR count). The Balaban J connectivity index is 1.89. The highest BCUT2D eigenvalue weighted by Gasteiger charge is 2.14. The Morgan fingerprint density at radius 3 is 2.58 bits per heavy atom. The zero-order valence-electron chi connectivity index (χ0n) is 14.4. The van der Waals surface area contributed by atoms with E-state index in [0.29, 0.717) is 6.73 Å². The largest absolute Gasteiger partial charge is 0.361 e. The van der Waals surface area contributed by atoms with Crippen molar-refractivity contribution in [3.8, 4) is 11.3 Å². The number of hydrogen-bond donors (Lipinski definition) is 0. The van der Waals surface area contributed by atoms with E-state index < -0.39 is 8.07 Å². The van der Waals surface area contributed by atoms with Crippen molar-refractivity contribution < 1.29 is 4.74 Å². The van der Waals surface area contributed by atoms with Gasteiger partial charge in [0.15, 0.2) is 0 Å². The maximum Gasteiger partial charge on any atom is 0.142 e. The van der Waals surface area contributed by atoms with Crippen LogP contribution >= 0.6 is 22.6 Å². The summed E-state index contributed by atoms with van der Waals surface area (Å²) in [6.07, 6.45) is 1.85. The van der Waals surface area contributed by atoms with Crippen molar-refractivity contribution >= 4 is 41.7 Å². The molecule has 0 radical (unpaired) electrons. The summed E-state index contributed by atoms with van der Waals surface area (Å²) < 4.78 is 9.43. The van der Waals surface area contributed by atoms with Gasteiger partial charge in [0.1, 0.15) is 12.4 Å². The first-order valence-corrected chi connectivity index (χ1v) is 13.0. The van der Waals surface area contributed by atoms with Gasteiger partial charge in [-0.25, -0.2) is 4.98 Å². The van der Waals surface area contributed by atoms with E-state index in [0.717, 1.165) is 23.3 Å². The number of nitrogens with zero attached hydrogens (tertiary/aromatic N) is 2. The van der Waals surface area contributed by atoms with Gasteiger partial charge < -0.3 is 9.30 Å². The third-order valence-electron chi connectivity index (χ3n) is 4.01. The van der Waals surface area contributed by atoms with Crippen LogP contribution in [0, 0.1) is 3.57 Å². The van der Waals surface area contributed by atoms with Gasteiger partial charge in [0.2, 0.25) is 0 Å². The highest BCUT2D eigenvalue weighted by molar-refractivity contribution is 14.1. The van der Waals surface area contributed by atoms with Crippen molar-refractivity contribution in [1.29, 1.82) is 0 Å². The third kappa shape index (κ3) is 4.26. The second-order valence-corrected chi connectivity index (χ2v) is 14.1. The topological polar surface area (TPSA) is 27.1 Å². The molecule has 24 heavy (non-hydrogen) atoms. The summed E-state index contributed by atoms with van der Waals surface area (Å²) in [6, 6.07) is 16.1. The molecular weight excluding hydrogens is 427 g/mol. The van der Waals surface area contributed by atoms with E-state index in [2.05, 4.69) is 88.2 Å². The Kier molecular flexibility index (Phi) is 5.41. The van der Waals surface area contributed by atoms with E-state index in [4.69, 9.17) is 4.74 Å². The Bertz CT molecular complexity index is 821. The molecule has 1 aromatic carbocycles. The van der Waals surface area contributed by atoms with Crippen molar-refractivity contribution in [3.63, 3.8) is 0 Å². The highest BCUT2D eigenvalue weighted by atomic mass is 127. The summed E-state index contributed by atoms with van der Waals surface area (Å²) in [7, 11) is -1.07. The monoisotopic (exact) mass is 450 g/mol. The van der Waals surface area contributed by atoms with E-state index in [1.165, 1.54) is 15.2 Å². The Morgan fingerprint density at radius 1 is 1.12 bits per heavy atom. The number of benzene rings is 1. The van der Waals surface area contributed by atoms with Crippen molar-refractivity contribution in [1.82, 2.24) is 9.55 Å². The summed E-state index contributed by atoms with van der Waals surface area (Å²) in [5.74, 6) is 0. The minimum Gasteiger partial charge on any atom is -0.361 e. The fourth-order valence-corrected chi connectivity index (χ4v) is 3.73. The normalized spacial score (nSPS) is 12.0. The minimum absolute atomic E-state index is 0.548. The number of ether oxygens (including phenoxy) is 1. The molecule has 0 aliphatic heterocycles. The molecule has 2 heterocycles. The summed E-state index contributed by atoms with van der Waals surface area (Å²) >= 11 is 2.33. The highest BCUT2D eigenvalue weighted by Crippen LogP contribution is 2.27. The molecule has 0 atom stereocenters. The average molecular weight is 450 g/mol. The van der Waals surface area contributed by atoms with E-state index >= 15 is 0 Å². The fourth-order valence-electron chi connectivity index (χ4n) is 2.61. The maximum absolute atomic E-state index is 6.00. The lowest BCUT2D eigenvalue weighted by Gasteiger charge is -2.16. The van der Waals surface area contributed by atoms with Crippen LogP contribution in [0.2, 0.25) is 25.7 Å². The van der Waals surface area contributed by atoms with E-state index in [-0.39, 0.29) is 0 Å². The summed E-state index contributed by atoms with van der Waals surface area (Å²) in [4.78, 5) is 4.56. The first-order chi connectivity index (χ1) is 11.4. The Hall–Kier alpha value is -1.18. The molecule has 3 nitrogen and oxygen atoms in total. The van der Waals surface area contributed by atoms with E-state index in [9.17, 15) is 0 Å². The number of rotatable bonds is 6. The van der Waals surface area contributed by atoms with Crippen molar-refractivity contribution in [2.24, 2.45) is 0 Å². The molecular formula is C19H23IN2OSi. The summed E-state index contributed by atoms with van der Waals surface area (Å²) in [5.41, 5.74) is 3.34. The van der Waals surface area contributed by atoms with Crippen LogP contribution < -0.4 is 0 Å². The van der Waals surface area contributed by atoms with Crippen molar-refractivity contribution in [2.45, 2.75) is 32.4 Å². The smallest absolute Gasteiger partial charge is 0.142 e. The number of halogens is 1. The van der Waals surface area contributed by atoms with Gasteiger partial charge in [-0.2, -0.15) is 0 Å². The van der Waals surface area contributed by atoms with Crippen LogP contribution in [0.5, 0.6) is 0 Å². The number of fused-ring (bicyclic) bond motifs is 1. The lowest BCUT2D eigenvalue weighted by Crippen LogP contribution is -2.22. The second-order valence-electron chi connectivity index (χ2n) is 7.23. The number of aromatic nitrogens is 2. The summed E-state index contributed by atoms with van der Waals surface area (Å²) in [5, 5.41) is 1.15. The molecule has 0 aliphatic rings. The van der Waals surface area contributed by atoms with Gasteiger partial charge in [-0.1, -0.05) is 31.8 Å².